The fraction of sp³-hybridized carbons (Fsp3) is 0.667. The molecule has 112 valence electrons. The summed E-state index contributed by atoms with van der Waals surface area (Å²) in [6.45, 7) is 12.6. The Bertz CT molecular complexity index is 398. The molecule has 3 unspecified atom stereocenters. The second kappa shape index (κ2) is 7.12. The Balaban J connectivity index is 2.04. The molecule has 2 rings (SSSR count). The molecular weight excluding hydrogens is 244 g/mol. The van der Waals surface area contributed by atoms with Crippen LogP contribution in [0.1, 0.15) is 52.1 Å². The van der Waals surface area contributed by atoms with E-state index in [1.807, 2.05) is 0 Å². The lowest BCUT2D eigenvalue weighted by Crippen LogP contribution is -2.38. The summed E-state index contributed by atoms with van der Waals surface area (Å²) in [5.74, 6) is 1.66. The van der Waals surface area contributed by atoms with Crippen molar-refractivity contribution < 1.29 is 0 Å². The third kappa shape index (κ3) is 3.54. The maximum absolute atomic E-state index is 3.55. The van der Waals surface area contributed by atoms with Crippen LogP contribution in [0.5, 0.6) is 0 Å². The van der Waals surface area contributed by atoms with Crippen LogP contribution in [0.15, 0.2) is 24.3 Å². The van der Waals surface area contributed by atoms with Gasteiger partial charge in [0.05, 0.1) is 0 Å². The van der Waals surface area contributed by atoms with Gasteiger partial charge in [0.25, 0.3) is 0 Å². The first-order valence-corrected chi connectivity index (χ1v) is 8.24. The molecule has 0 radical (unpaired) electrons. The summed E-state index contributed by atoms with van der Waals surface area (Å²) in [5.41, 5.74) is 2.80. The van der Waals surface area contributed by atoms with E-state index in [0.29, 0.717) is 6.04 Å². The van der Waals surface area contributed by atoms with Crippen molar-refractivity contribution in [3.8, 4) is 0 Å². The molecule has 0 aliphatic carbocycles. The lowest BCUT2D eigenvalue weighted by molar-refractivity contribution is 0.324. The zero-order chi connectivity index (χ0) is 14.5. The second-order valence-electron chi connectivity index (χ2n) is 6.30. The van der Waals surface area contributed by atoms with Gasteiger partial charge in [0.1, 0.15) is 0 Å². The summed E-state index contributed by atoms with van der Waals surface area (Å²) < 4.78 is 0. The Labute approximate surface area is 124 Å². The van der Waals surface area contributed by atoms with Crippen molar-refractivity contribution in [3.05, 3.63) is 29.8 Å². The monoisotopic (exact) mass is 274 g/mol. The largest absolute Gasteiger partial charge is 0.371 e. The van der Waals surface area contributed by atoms with Crippen LogP contribution < -0.4 is 10.2 Å². The minimum Gasteiger partial charge on any atom is -0.371 e. The average molecular weight is 274 g/mol. The van der Waals surface area contributed by atoms with Crippen LogP contribution in [0.2, 0.25) is 0 Å². The summed E-state index contributed by atoms with van der Waals surface area (Å²) in [4.78, 5) is 2.54. The average Bonchev–Trinajstić information content (AvgIpc) is 2.48. The molecule has 1 saturated heterocycles. The third-order valence-electron chi connectivity index (χ3n) is 4.85. The molecule has 0 spiro atoms. The first-order chi connectivity index (χ1) is 9.65. The van der Waals surface area contributed by atoms with Crippen LogP contribution in [-0.4, -0.2) is 19.6 Å². The molecule has 1 fully saturated rings. The maximum atomic E-state index is 3.55. The molecule has 3 atom stereocenters. The highest BCUT2D eigenvalue weighted by atomic mass is 15.1. The Kier molecular flexibility index (Phi) is 5.47. The molecule has 1 heterocycles. The van der Waals surface area contributed by atoms with E-state index in [-0.39, 0.29) is 0 Å². The van der Waals surface area contributed by atoms with Crippen LogP contribution in [0.4, 0.5) is 5.69 Å². The second-order valence-corrected chi connectivity index (χ2v) is 6.30. The van der Waals surface area contributed by atoms with Gasteiger partial charge in [-0.1, -0.05) is 39.8 Å². The van der Waals surface area contributed by atoms with E-state index in [9.17, 15) is 0 Å². The molecule has 0 bridgehead atoms. The van der Waals surface area contributed by atoms with Crippen molar-refractivity contribution in [1.29, 1.82) is 0 Å². The van der Waals surface area contributed by atoms with Gasteiger partial charge in [0, 0.05) is 24.8 Å². The highest BCUT2D eigenvalue weighted by Crippen LogP contribution is 2.28. The Morgan fingerprint density at radius 2 is 1.85 bits per heavy atom. The number of hydrogen-bond donors (Lipinski definition) is 1. The number of benzene rings is 1. The zero-order valence-electron chi connectivity index (χ0n) is 13.5. The van der Waals surface area contributed by atoms with E-state index < -0.39 is 0 Å². The van der Waals surface area contributed by atoms with Gasteiger partial charge in [-0.05, 0) is 48.9 Å². The summed E-state index contributed by atoms with van der Waals surface area (Å²) in [7, 11) is 0. The van der Waals surface area contributed by atoms with E-state index >= 15 is 0 Å². The van der Waals surface area contributed by atoms with Gasteiger partial charge in [0.15, 0.2) is 0 Å². The van der Waals surface area contributed by atoms with Crippen LogP contribution >= 0.6 is 0 Å². The summed E-state index contributed by atoms with van der Waals surface area (Å²) in [6, 6.07) is 9.70. The highest BCUT2D eigenvalue weighted by Gasteiger charge is 2.22. The van der Waals surface area contributed by atoms with Gasteiger partial charge in [-0.15, -0.1) is 0 Å². The summed E-state index contributed by atoms with van der Waals surface area (Å²) in [6.07, 6.45) is 2.46. The molecule has 1 aliphatic rings. The molecule has 1 N–H and O–H groups in total. The van der Waals surface area contributed by atoms with Crippen LogP contribution in [0.3, 0.4) is 0 Å². The number of nitrogens with zero attached hydrogens (tertiary/aromatic N) is 1. The smallest absolute Gasteiger partial charge is 0.0366 e. The van der Waals surface area contributed by atoms with E-state index in [0.717, 1.165) is 24.8 Å². The molecule has 0 saturated carbocycles. The van der Waals surface area contributed by atoms with Crippen LogP contribution in [0, 0.1) is 11.8 Å². The van der Waals surface area contributed by atoms with E-state index in [4.69, 9.17) is 0 Å². The first kappa shape index (κ1) is 15.4. The van der Waals surface area contributed by atoms with Gasteiger partial charge >= 0.3 is 0 Å². The molecule has 0 amide bonds. The predicted molar refractivity (Wildman–Crippen MR) is 88.3 cm³/mol. The highest BCUT2D eigenvalue weighted by molar-refractivity contribution is 5.48. The van der Waals surface area contributed by atoms with E-state index in [1.54, 1.807) is 0 Å². The fourth-order valence-corrected chi connectivity index (χ4v) is 3.16. The molecule has 1 aromatic rings. The fourth-order valence-electron chi connectivity index (χ4n) is 3.16. The summed E-state index contributed by atoms with van der Waals surface area (Å²) in [5, 5.41) is 3.55. The molecular formula is C18H30N2. The number of rotatable bonds is 5. The Morgan fingerprint density at radius 3 is 2.40 bits per heavy atom. The minimum atomic E-state index is 0.495. The number of piperidine rings is 1. The molecule has 0 aromatic heterocycles. The number of anilines is 1. The van der Waals surface area contributed by atoms with Crippen LogP contribution in [0.25, 0.3) is 0 Å². The topological polar surface area (TPSA) is 15.3 Å². The molecule has 2 heteroatoms. The summed E-state index contributed by atoms with van der Waals surface area (Å²) >= 11 is 0. The van der Waals surface area contributed by atoms with E-state index in [1.165, 1.54) is 30.8 Å². The van der Waals surface area contributed by atoms with Crippen molar-refractivity contribution >= 4 is 5.69 Å². The Morgan fingerprint density at radius 1 is 1.15 bits per heavy atom. The van der Waals surface area contributed by atoms with Gasteiger partial charge in [-0.3, -0.25) is 0 Å². The standard InChI is InChI=1S/C18H30N2/c1-5-18(19-6-2)16-7-9-17(10-8-16)20-12-11-14(3)15(4)13-20/h7-10,14-15,18-19H,5-6,11-13H2,1-4H3. The lowest BCUT2D eigenvalue weighted by atomic mass is 9.88. The number of hydrogen-bond acceptors (Lipinski definition) is 2. The minimum absolute atomic E-state index is 0.495. The van der Waals surface area contributed by atoms with Crippen molar-refractivity contribution in [1.82, 2.24) is 5.32 Å². The quantitative estimate of drug-likeness (QED) is 0.864. The number of nitrogens with one attached hydrogen (secondary N) is 1. The molecule has 20 heavy (non-hydrogen) atoms. The van der Waals surface area contributed by atoms with Gasteiger partial charge in [-0.2, -0.15) is 0 Å². The lowest BCUT2D eigenvalue weighted by Gasteiger charge is -2.37. The van der Waals surface area contributed by atoms with Gasteiger partial charge in [-0.25, -0.2) is 0 Å². The Hall–Kier alpha value is -1.02. The van der Waals surface area contributed by atoms with Gasteiger partial charge < -0.3 is 10.2 Å². The molecule has 2 nitrogen and oxygen atoms in total. The predicted octanol–water partition coefficient (Wildman–Crippen LogP) is 4.23. The van der Waals surface area contributed by atoms with Crippen molar-refractivity contribution in [2.75, 3.05) is 24.5 Å². The van der Waals surface area contributed by atoms with E-state index in [2.05, 4.69) is 62.2 Å². The zero-order valence-corrected chi connectivity index (χ0v) is 13.5. The SMILES string of the molecule is CCNC(CC)c1ccc(N2CCC(C)C(C)C2)cc1. The van der Waals surface area contributed by atoms with Crippen LogP contribution in [-0.2, 0) is 0 Å². The molecule has 1 aromatic carbocycles. The first-order valence-electron chi connectivity index (χ1n) is 8.24. The third-order valence-corrected chi connectivity index (χ3v) is 4.85. The van der Waals surface area contributed by atoms with Crippen molar-refractivity contribution in [2.45, 2.75) is 46.6 Å². The van der Waals surface area contributed by atoms with Crippen molar-refractivity contribution in [2.24, 2.45) is 11.8 Å². The maximum Gasteiger partial charge on any atom is 0.0366 e. The molecule has 1 aliphatic heterocycles. The van der Waals surface area contributed by atoms with Gasteiger partial charge in [0.2, 0.25) is 0 Å². The normalized spacial score (nSPS) is 24.7. The van der Waals surface area contributed by atoms with Crippen molar-refractivity contribution in [3.63, 3.8) is 0 Å².